The van der Waals surface area contributed by atoms with Crippen LogP contribution in [0.4, 0.5) is 0 Å². The Hall–Kier alpha value is -1.36. The monoisotopic (exact) mass is 213 g/mol. The lowest BCUT2D eigenvalue weighted by molar-refractivity contribution is -0.121. The van der Waals surface area contributed by atoms with Crippen molar-refractivity contribution in [3.63, 3.8) is 0 Å². The minimum absolute atomic E-state index is 0.159. The summed E-state index contributed by atoms with van der Waals surface area (Å²) in [6.07, 6.45) is 0.678. The van der Waals surface area contributed by atoms with Crippen molar-refractivity contribution in [2.75, 3.05) is 13.1 Å². The molecule has 0 aromatic carbocycles. The maximum absolute atomic E-state index is 11.0. The average molecular weight is 213 g/mol. The van der Waals surface area contributed by atoms with Crippen molar-refractivity contribution >= 4 is 11.8 Å². The molecule has 2 amide bonds. The van der Waals surface area contributed by atoms with Crippen LogP contribution in [0.15, 0.2) is 12.2 Å². The quantitative estimate of drug-likeness (QED) is 0.412. The van der Waals surface area contributed by atoms with Crippen LogP contribution in [0.5, 0.6) is 0 Å². The summed E-state index contributed by atoms with van der Waals surface area (Å²) in [5.41, 5.74) is 5.83. The molecule has 0 aliphatic heterocycles. The molecule has 0 saturated carbocycles. The molecule has 15 heavy (non-hydrogen) atoms. The number of rotatable bonds is 6. The van der Waals surface area contributed by atoms with Crippen molar-refractivity contribution < 1.29 is 9.59 Å². The van der Waals surface area contributed by atoms with Crippen LogP contribution >= 0.6 is 0 Å². The van der Waals surface area contributed by atoms with Gasteiger partial charge in [-0.25, -0.2) is 0 Å². The predicted molar refractivity (Wildman–Crippen MR) is 59.1 cm³/mol. The van der Waals surface area contributed by atoms with Gasteiger partial charge in [0.05, 0.1) is 6.04 Å². The van der Waals surface area contributed by atoms with E-state index in [-0.39, 0.29) is 11.8 Å². The Bertz CT molecular complexity index is 249. The highest BCUT2D eigenvalue weighted by Crippen LogP contribution is 1.85. The fourth-order valence-electron chi connectivity index (χ4n) is 0.814. The molecule has 0 fully saturated rings. The van der Waals surface area contributed by atoms with Gasteiger partial charge in [0.25, 0.3) is 0 Å². The SMILES string of the molecule is C=C(C)C(=O)NCCCNC(=O)C(C)N. The van der Waals surface area contributed by atoms with Crippen LogP contribution < -0.4 is 16.4 Å². The van der Waals surface area contributed by atoms with Gasteiger partial charge < -0.3 is 16.4 Å². The number of hydrogen-bond acceptors (Lipinski definition) is 3. The third kappa shape index (κ3) is 6.68. The van der Waals surface area contributed by atoms with Gasteiger partial charge in [-0.3, -0.25) is 9.59 Å². The molecule has 86 valence electrons. The minimum Gasteiger partial charge on any atom is -0.355 e. The Morgan fingerprint density at radius 3 is 2.33 bits per heavy atom. The number of nitrogens with two attached hydrogens (primary N) is 1. The smallest absolute Gasteiger partial charge is 0.246 e. The van der Waals surface area contributed by atoms with Crippen LogP contribution in [0.3, 0.4) is 0 Å². The highest BCUT2D eigenvalue weighted by atomic mass is 16.2. The van der Waals surface area contributed by atoms with Crippen molar-refractivity contribution in [2.24, 2.45) is 5.73 Å². The zero-order chi connectivity index (χ0) is 11.8. The van der Waals surface area contributed by atoms with E-state index in [4.69, 9.17) is 5.73 Å². The first-order chi connectivity index (χ1) is 6.95. The lowest BCUT2D eigenvalue weighted by atomic mass is 10.3. The third-order valence-corrected chi connectivity index (χ3v) is 1.74. The normalized spacial score (nSPS) is 11.7. The van der Waals surface area contributed by atoms with Crippen LogP contribution in [0.25, 0.3) is 0 Å². The minimum atomic E-state index is -0.491. The lowest BCUT2D eigenvalue weighted by Crippen LogP contribution is -2.39. The second kappa shape index (κ2) is 7.00. The van der Waals surface area contributed by atoms with Gasteiger partial charge in [-0.15, -0.1) is 0 Å². The Morgan fingerprint density at radius 1 is 1.33 bits per heavy atom. The van der Waals surface area contributed by atoms with Gasteiger partial charge in [0, 0.05) is 18.7 Å². The van der Waals surface area contributed by atoms with E-state index in [1.54, 1.807) is 13.8 Å². The topological polar surface area (TPSA) is 84.2 Å². The summed E-state index contributed by atoms with van der Waals surface area (Å²) in [4.78, 5) is 22.0. The molecule has 0 aromatic heterocycles. The molecule has 1 unspecified atom stereocenters. The van der Waals surface area contributed by atoms with Gasteiger partial charge in [-0.1, -0.05) is 6.58 Å². The first-order valence-corrected chi connectivity index (χ1v) is 4.92. The second-order valence-electron chi connectivity index (χ2n) is 3.47. The maximum atomic E-state index is 11.0. The lowest BCUT2D eigenvalue weighted by Gasteiger charge is -2.08. The number of amides is 2. The maximum Gasteiger partial charge on any atom is 0.246 e. The van der Waals surface area contributed by atoms with Gasteiger partial charge in [-0.2, -0.15) is 0 Å². The van der Waals surface area contributed by atoms with E-state index < -0.39 is 6.04 Å². The number of hydrogen-bond donors (Lipinski definition) is 3. The van der Waals surface area contributed by atoms with Crippen LogP contribution in [0.2, 0.25) is 0 Å². The van der Waals surface area contributed by atoms with E-state index in [1.807, 2.05) is 0 Å². The Labute approximate surface area is 90.1 Å². The van der Waals surface area contributed by atoms with E-state index >= 15 is 0 Å². The molecule has 0 saturated heterocycles. The first kappa shape index (κ1) is 13.6. The first-order valence-electron chi connectivity index (χ1n) is 4.92. The molecule has 0 rings (SSSR count). The molecular formula is C10H19N3O2. The Balaban J connectivity index is 3.44. The Kier molecular flexibility index (Phi) is 6.37. The summed E-state index contributed by atoms with van der Waals surface area (Å²) >= 11 is 0. The standard InChI is InChI=1S/C10H19N3O2/c1-7(2)9(14)12-5-4-6-13-10(15)8(3)11/h8H,1,4-6,11H2,2-3H3,(H,12,14)(H,13,15). The molecule has 4 N–H and O–H groups in total. The van der Waals surface area contributed by atoms with E-state index in [9.17, 15) is 9.59 Å². The zero-order valence-corrected chi connectivity index (χ0v) is 9.30. The molecule has 0 aromatic rings. The van der Waals surface area contributed by atoms with Gasteiger partial charge in [-0.05, 0) is 20.3 Å². The van der Waals surface area contributed by atoms with E-state index in [0.29, 0.717) is 25.1 Å². The molecule has 0 aliphatic carbocycles. The predicted octanol–water partition coefficient (Wildman–Crippen LogP) is -0.468. The zero-order valence-electron chi connectivity index (χ0n) is 9.30. The molecule has 0 spiro atoms. The molecule has 0 bridgehead atoms. The highest BCUT2D eigenvalue weighted by molar-refractivity contribution is 5.92. The highest BCUT2D eigenvalue weighted by Gasteiger charge is 2.05. The van der Waals surface area contributed by atoms with E-state index in [0.717, 1.165) is 0 Å². The number of carbonyl (C=O) groups is 2. The van der Waals surface area contributed by atoms with Crippen LogP contribution in [-0.4, -0.2) is 30.9 Å². The molecule has 5 nitrogen and oxygen atoms in total. The van der Waals surface area contributed by atoms with Crippen molar-refractivity contribution in [1.29, 1.82) is 0 Å². The van der Waals surface area contributed by atoms with Gasteiger partial charge >= 0.3 is 0 Å². The van der Waals surface area contributed by atoms with Gasteiger partial charge in [0.1, 0.15) is 0 Å². The fourth-order valence-corrected chi connectivity index (χ4v) is 0.814. The Morgan fingerprint density at radius 2 is 1.87 bits per heavy atom. The van der Waals surface area contributed by atoms with E-state index in [1.165, 1.54) is 0 Å². The van der Waals surface area contributed by atoms with Crippen LogP contribution in [0.1, 0.15) is 20.3 Å². The van der Waals surface area contributed by atoms with Gasteiger partial charge in [0.2, 0.25) is 11.8 Å². The molecule has 0 aliphatic rings. The summed E-state index contributed by atoms with van der Waals surface area (Å²) < 4.78 is 0. The van der Waals surface area contributed by atoms with Crippen molar-refractivity contribution in [1.82, 2.24) is 10.6 Å². The van der Waals surface area contributed by atoms with Gasteiger partial charge in [0.15, 0.2) is 0 Å². The third-order valence-electron chi connectivity index (χ3n) is 1.74. The summed E-state index contributed by atoms with van der Waals surface area (Å²) in [5, 5.41) is 5.31. The van der Waals surface area contributed by atoms with Crippen molar-refractivity contribution in [3.05, 3.63) is 12.2 Å². The molecule has 1 atom stereocenters. The largest absolute Gasteiger partial charge is 0.355 e. The molecule has 5 heteroatoms. The molecule has 0 heterocycles. The van der Waals surface area contributed by atoms with Crippen molar-refractivity contribution in [2.45, 2.75) is 26.3 Å². The van der Waals surface area contributed by atoms with E-state index in [2.05, 4.69) is 17.2 Å². The second-order valence-corrected chi connectivity index (χ2v) is 3.47. The summed E-state index contributed by atoms with van der Waals surface area (Å²) in [6.45, 7) is 7.81. The summed E-state index contributed by atoms with van der Waals surface area (Å²) in [7, 11) is 0. The molecular weight excluding hydrogens is 194 g/mol. The average Bonchev–Trinajstić information content (AvgIpc) is 2.16. The summed E-state index contributed by atoms with van der Waals surface area (Å²) in [5.74, 6) is -0.338. The molecule has 0 radical (unpaired) electrons. The van der Waals surface area contributed by atoms with Crippen LogP contribution in [-0.2, 0) is 9.59 Å². The van der Waals surface area contributed by atoms with Crippen LogP contribution in [0, 0.1) is 0 Å². The summed E-state index contributed by atoms with van der Waals surface area (Å²) in [6, 6.07) is -0.491. The van der Waals surface area contributed by atoms with Crippen molar-refractivity contribution in [3.8, 4) is 0 Å². The number of nitrogens with one attached hydrogen (secondary N) is 2. The fraction of sp³-hybridized carbons (Fsp3) is 0.600. The number of carbonyl (C=O) groups excluding carboxylic acids is 2.